The smallest absolute Gasteiger partial charge is 0.226 e. The van der Waals surface area contributed by atoms with Gasteiger partial charge < -0.3 is 10.2 Å². The average Bonchev–Trinajstić information content (AvgIpc) is 3.16. The Labute approximate surface area is 169 Å². The SMILES string of the molecule is CC(=O)NCC1CCN(C(=O)[C@@H]2CC=CC[C@H]2c2nc3ccccc3s2)CC1. The highest BCUT2D eigenvalue weighted by atomic mass is 32.1. The van der Waals surface area contributed by atoms with Crippen LogP contribution in [0.5, 0.6) is 0 Å². The molecule has 2 aromatic rings. The van der Waals surface area contributed by atoms with Crippen molar-refractivity contribution in [3.8, 4) is 0 Å². The number of aromatic nitrogens is 1. The third kappa shape index (κ3) is 4.12. The Bertz CT molecular complexity index is 850. The van der Waals surface area contributed by atoms with Gasteiger partial charge in [-0.3, -0.25) is 9.59 Å². The van der Waals surface area contributed by atoms with E-state index >= 15 is 0 Å². The molecule has 0 radical (unpaired) electrons. The maximum absolute atomic E-state index is 13.3. The number of hydrogen-bond donors (Lipinski definition) is 1. The van der Waals surface area contributed by atoms with E-state index in [1.54, 1.807) is 18.3 Å². The van der Waals surface area contributed by atoms with E-state index in [1.807, 2.05) is 23.1 Å². The Morgan fingerprint density at radius 3 is 2.68 bits per heavy atom. The van der Waals surface area contributed by atoms with Crippen LogP contribution in [0.1, 0.15) is 43.5 Å². The van der Waals surface area contributed by atoms with Gasteiger partial charge in [-0.25, -0.2) is 4.98 Å². The summed E-state index contributed by atoms with van der Waals surface area (Å²) in [5.74, 6) is 0.918. The summed E-state index contributed by atoms with van der Waals surface area (Å²) in [7, 11) is 0. The van der Waals surface area contributed by atoms with Gasteiger partial charge in [-0.05, 0) is 43.7 Å². The summed E-state index contributed by atoms with van der Waals surface area (Å²) < 4.78 is 1.19. The van der Waals surface area contributed by atoms with E-state index in [2.05, 4.69) is 23.5 Å². The Hall–Kier alpha value is -2.21. The first-order valence-electron chi connectivity index (χ1n) is 10.2. The molecule has 1 saturated heterocycles. The van der Waals surface area contributed by atoms with Crippen molar-refractivity contribution in [2.45, 2.75) is 38.5 Å². The van der Waals surface area contributed by atoms with E-state index in [4.69, 9.17) is 4.98 Å². The van der Waals surface area contributed by atoms with Crippen LogP contribution in [0.3, 0.4) is 0 Å². The van der Waals surface area contributed by atoms with Gasteiger partial charge in [0.05, 0.1) is 21.1 Å². The van der Waals surface area contributed by atoms with Gasteiger partial charge in [-0.15, -0.1) is 11.3 Å². The quantitative estimate of drug-likeness (QED) is 0.800. The minimum absolute atomic E-state index is 0.0162. The number of thiazole rings is 1. The number of amides is 2. The fraction of sp³-hybridized carbons (Fsp3) is 0.500. The molecule has 1 fully saturated rings. The highest BCUT2D eigenvalue weighted by molar-refractivity contribution is 7.18. The van der Waals surface area contributed by atoms with E-state index in [-0.39, 0.29) is 23.7 Å². The highest BCUT2D eigenvalue weighted by Gasteiger charge is 2.36. The molecule has 0 bridgehead atoms. The Balaban J connectivity index is 1.44. The van der Waals surface area contributed by atoms with Crippen LogP contribution in [0.4, 0.5) is 0 Å². The third-order valence-electron chi connectivity index (χ3n) is 5.94. The number of allylic oxidation sites excluding steroid dienone is 2. The zero-order valence-corrected chi connectivity index (χ0v) is 17.1. The topological polar surface area (TPSA) is 62.3 Å². The Morgan fingerprint density at radius 2 is 1.93 bits per heavy atom. The number of fused-ring (bicyclic) bond motifs is 1. The summed E-state index contributed by atoms with van der Waals surface area (Å²) in [4.78, 5) is 31.3. The molecule has 1 N–H and O–H groups in total. The number of likely N-dealkylation sites (tertiary alicyclic amines) is 1. The predicted molar refractivity (Wildman–Crippen MR) is 112 cm³/mol. The molecule has 4 rings (SSSR count). The Kier molecular flexibility index (Phi) is 5.76. The molecule has 1 aromatic heterocycles. The minimum atomic E-state index is -0.0162. The lowest BCUT2D eigenvalue weighted by Crippen LogP contribution is -2.45. The number of nitrogens with one attached hydrogen (secondary N) is 1. The second kappa shape index (κ2) is 8.43. The maximum atomic E-state index is 13.3. The number of carbonyl (C=O) groups is 2. The lowest BCUT2D eigenvalue weighted by molar-refractivity contribution is -0.138. The highest BCUT2D eigenvalue weighted by Crippen LogP contribution is 2.39. The fourth-order valence-electron chi connectivity index (χ4n) is 4.29. The van der Waals surface area contributed by atoms with E-state index < -0.39 is 0 Å². The van der Waals surface area contributed by atoms with Gasteiger partial charge in [0.15, 0.2) is 0 Å². The normalized spacial score (nSPS) is 23.1. The molecule has 148 valence electrons. The van der Waals surface area contributed by atoms with E-state index in [9.17, 15) is 9.59 Å². The molecule has 2 atom stereocenters. The summed E-state index contributed by atoms with van der Waals surface area (Å²) >= 11 is 1.73. The zero-order valence-electron chi connectivity index (χ0n) is 16.3. The standard InChI is InChI=1S/C22H27N3O2S/c1-15(26)23-14-16-10-12-25(13-11-16)22(27)18-7-3-2-6-17(18)21-24-19-8-4-5-9-20(19)28-21/h2-5,8-9,16-18H,6-7,10-14H2,1H3,(H,23,26)/t17-,18-/m1/s1. The number of rotatable bonds is 4. The van der Waals surface area contributed by atoms with Crippen LogP contribution in [0, 0.1) is 11.8 Å². The van der Waals surface area contributed by atoms with Crippen LogP contribution in [-0.4, -0.2) is 41.3 Å². The van der Waals surface area contributed by atoms with Gasteiger partial charge in [0.1, 0.15) is 0 Å². The number of benzene rings is 1. The van der Waals surface area contributed by atoms with Crippen LogP contribution in [-0.2, 0) is 9.59 Å². The van der Waals surface area contributed by atoms with Crippen molar-refractivity contribution < 1.29 is 9.59 Å². The third-order valence-corrected chi connectivity index (χ3v) is 7.11. The first-order valence-corrected chi connectivity index (χ1v) is 11.0. The van der Waals surface area contributed by atoms with Gasteiger partial charge >= 0.3 is 0 Å². The van der Waals surface area contributed by atoms with Gasteiger partial charge in [0.2, 0.25) is 11.8 Å². The maximum Gasteiger partial charge on any atom is 0.226 e. The molecule has 1 aliphatic carbocycles. The number of hydrogen-bond acceptors (Lipinski definition) is 4. The summed E-state index contributed by atoms with van der Waals surface area (Å²) in [6.07, 6.45) is 7.94. The van der Waals surface area contributed by atoms with Crippen LogP contribution in [0.15, 0.2) is 36.4 Å². The van der Waals surface area contributed by atoms with Crippen molar-refractivity contribution >= 4 is 33.4 Å². The second-order valence-corrected chi connectivity index (χ2v) is 8.94. The van der Waals surface area contributed by atoms with Crippen LogP contribution in [0.2, 0.25) is 0 Å². The molecule has 1 aliphatic heterocycles. The summed E-state index contributed by atoms with van der Waals surface area (Å²) in [6.45, 7) is 3.85. The molecule has 5 nitrogen and oxygen atoms in total. The molecule has 0 unspecified atom stereocenters. The van der Waals surface area contributed by atoms with Crippen molar-refractivity contribution in [1.82, 2.24) is 15.2 Å². The van der Waals surface area contributed by atoms with Crippen molar-refractivity contribution in [2.24, 2.45) is 11.8 Å². The van der Waals surface area contributed by atoms with Gasteiger partial charge in [-0.1, -0.05) is 24.3 Å². The number of nitrogens with zero attached hydrogens (tertiary/aromatic N) is 2. The number of carbonyl (C=O) groups excluding carboxylic acids is 2. The lowest BCUT2D eigenvalue weighted by Gasteiger charge is -2.36. The first-order chi connectivity index (χ1) is 13.6. The van der Waals surface area contributed by atoms with Crippen molar-refractivity contribution in [3.05, 3.63) is 41.4 Å². The first kappa shape index (κ1) is 19.1. The van der Waals surface area contributed by atoms with Crippen molar-refractivity contribution in [1.29, 1.82) is 0 Å². The van der Waals surface area contributed by atoms with Crippen LogP contribution < -0.4 is 5.32 Å². The largest absolute Gasteiger partial charge is 0.356 e. The lowest BCUT2D eigenvalue weighted by atomic mass is 9.81. The zero-order chi connectivity index (χ0) is 19.5. The number of piperidine rings is 1. The van der Waals surface area contributed by atoms with Crippen LogP contribution >= 0.6 is 11.3 Å². The second-order valence-electron chi connectivity index (χ2n) is 7.88. The molecule has 2 amide bonds. The summed E-state index contributed by atoms with van der Waals surface area (Å²) in [5, 5.41) is 3.99. The average molecular weight is 398 g/mol. The fourth-order valence-corrected chi connectivity index (χ4v) is 5.43. The molecular formula is C22H27N3O2S. The molecule has 0 spiro atoms. The molecular weight excluding hydrogens is 370 g/mol. The van der Waals surface area contributed by atoms with Gasteiger partial charge in [-0.2, -0.15) is 0 Å². The summed E-state index contributed by atoms with van der Waals surface area (Å²) in [6, 6.07) is 8.20. The van der Waals surface area contributed by atoms with E-state index in [0.717, 1.165) is 55.8 Å². The minimum Gasteiger partial charge on any atom is -0.356 e. The van der Waals surface area contributed by atoms with E-state index in [1.165, 1.54) is 4.70 Å². The van der Waals surface area contributed by atoms with Crippen LogP contribution in [0.25, 0.3) is 10.2 Å². The predicted octanol–water partition coefficient (Wildman–Crippen LogP) is 3.72. The van der Waals surface area contributed by atoms with E-state index in [0.29, 0.717) is 5.92 Å². The van der Waals surface area contributed by atoms with Crippen molar-refractivity contribution in [2.75, 3.05) is 19.6 Å². The summed E-state index contributed by atoms with van der Waals surface area (Å²) in [5.41, 5.74) is 1.03. The molecule has 1 aromatic carbocycles. The Morgan fingerprint density at radius 1 is 1.18 bits per heavy atom. The molecule has 6 heteroatoms. The molecule has 2 heterocycles. The van der Waals surface area contributed by atoms with Gasteiger partial charge in [0, 0.05) is 32.5 Å². The molecule has 28 heavy (non-hydrogen) atoms. The molecule has 2 aliphatic rings. The monoisotopic (exact) mass is 397 g/mol. The van der Waals surface area contributed by atoms with Crippen molar-refractivity contribution in [3.63, 3.8) is 0 Å². The molecule has 0 saturated carbocycles. The van der Waals surface area contributed by atoms with Gasteiger partial charge in [0.25, 0.3) is 0 Å². The number of para-hydroxylation sites is 1.